The highest BCUT2D eigenvalue weighted by Gasteiger charge is 2.37. The van der Waals surface area contributed by atoms with Crippen LogP contribution in [0.2, 0.25) is 0 Å². The van der Waals surface area contributed by atoms with E-state index in [4.69, 9.17) is 9.84 Å². The second-order valence-corrected chi connectivity index (χ2v) is 6.17. The summed E-state index contributed by atoms with van der Waals surface area (Å²) in [7, 11) is 1.67. The minimum Gasteiger partial charge on any atom is -0.481 e. The predicted octanol–water partition coefficient (Wildman–Crippen LogP) is 1.45. The smallest absolute Gasteiger partial charge is 0.317 e. The molecule has 20 heavy (non-hydrogen) atoms. The number of carboxylic acids is 1. The van der Waals surface area contributed by atoms with Crippen molar-refractivity contribution in [3.63, 3.8) is 0 Å². The number of nitrogens with zero attached hydrogens (tertiary/aromatic N) is 1. The number of urea groups is 1. The van der Waals surface area contributed by atoms with Gasteiger partial charge in [0.2, 0.25) is 0 Å². The number of carbonyl (C=O) groups is 2. The minimum atomic E-state index is -0.859. The zero-order chi connectivity index (χ0) is 14.8. The van der Waals surface area contributed by atoms with E-state index in [1.807, 2.05) is 6.92 Å². The van der Waals surface area contributed by atoms with Gasteiger partial charge in [-0.15, -0.1) is 0 Å². The fourth-order valence-electron chi connectivity index (χ4n) is 2.82. The molecule has 1 saturated carbocycles. The molecule has 114 valence electrons. The largest absolute Gasteiger partial charge is 0.481 e. The van der Waals surface area contributed by atoms with E-state index in [2.05, 4.69) is 5.32 Å². The number of aliphatic carboxylic acids is 1. The second-order valence-electron chi connectivity index (χ2n) is 6.17. The molecule has 0 radical (unpaired) electrons. The van der Waals surface area contributed by atoms with Crippen LogP contribution in [0.5, 0.6) is 0 Å². The quantitative estimate of drug-likeness (QED) is 0.801. The predicted molar refractivity (Wildman–Crippen MR) is 73.5 cm³/mol. The molecule has 0 aromatic heterocycles. The number of nitrogens with one attached hydrogen (secondary N) is 1. The molecule has 2 fully saturated rings. The van der Waals surface area contributed by atoms with Gasteiger partial charge >= 0.3 is 12.0 Å². The Morgan fingerprint density at radius 2 is 2.20 bits per heavy atom. The molecule has 1 aliphatic carbocycles. The number of hydrogen-bond donors (Lipinski definition) is 2. The summed E-state index contributed by atoms with van der Waals surface area (Å²) in [5.41, 5.74) is -0.294. The number of ether oxygens (including phenoxy) is 1. The van der Waals surface area contributed by atoms with Crippen molar-refractivity contribution < 1.29 is 19.4 Å². The van der Waals surface area contributed by atoms with E-state index in [-0.39, 0.29) is 24.1 Å². The maximum absolute atomic E-state index is 12.3. The van der Waals surface area contributed by atoms with E-state index in [0.717, 1.165) is 25.7 Å². The topological polar surface area (TPSA) is 78.9 Å². The summed E-state index contributed by atoms with van der Waals surface area (Å²) in [6.45, 7) is 3.26. The number of piperidine rings is 1. The van der Waals surface area contributed by atoms with Crippen LogP contribution < -0.4 is 5.32 Å². The molecule has 2 rings (SSSR count). The van der Waals surface area contributed by atoms with E-state index in [9.17, 15) is 9.59 Å². The molecular weight excluding hydrogens is 260 g/mol. The number of carboxylic acid groups (broad SMARTS) is 1. The third-order valence-electron chi connectivity index (χ3n) is 4.33. The Labute approximate surface area is 119 Å². The van der Waals surface area contributed by atoms with Crippen LogP contribution in [-0.4, -0.2) is 53.8 Å². The third kappa shape index (κ3) is 3.85. The molecule has 0 aromatic rings. The Morgan fingerprint density at radius 1 is 1.50 bits per heavy atom. The Bertz CT molecular complexity index is 383. The van der Waals surface area contributed by atoms with Crippen molar-refractivity contribution in [2.24, 2.45) is 5.92 Å². The lowest BCUT2D eigenvalue weighted by molar-refractivity contribution is -0.137. The van der Waals surface area contributed by atoms with Crippen molar-refractivity contribution in [2.75, 3.05) is 20.2 Å². The molecular formula is C14H24N2O4. The average molecular weight is 284 g/mol. The lowest BCUT2D eigenvalue weighted by Gasteiger charge is -2.39. The van der Waals surface area contributed by atoms with Crippen LogP contribution in [0.25, 0.3) is 0 Å². The molecule has 2 N–H and O–H groups in total. The molecule has 0 spiro atoms. The molecule has 6 nitrogen and oxygen atoms in total. The van der Waals surface area contributed by atoms with Gasteiger partial charge in [0.05, 0.1) is 18.6 Å². The summed E-state index contributed by atoms with van der Waals surface area (Å²) in [6, 6.07) is -0.401. The zero-order valence-corrected chi connectivity index (χ0v) is 12.2. The summed E-state index contributed by atoms with van der Waals surface area (Å²) in [5.74, 6) is -0.531. The fraction of sp³-hybridized carbons (Fsp3) is 0.857. The Kier molecular flexibility index (Phi) is 4.52. The average Bonchev–Trinajstić information content (AvgIpc) is 3.21. The highest BCUT2D eigenvalue weighted by molar-refractivity contribution is 5.76. The summed E-state index contributed by atoms with van der Waals surface area (Å²) in [6.07, 6.45) is 3.87. The first-order chi connectivity index (χ1) is 9.43. The normalized spacial score (nSPS) is 28.0. The van der Waals surface area contributed by atoms with Crippen LogP contribution in [-0.2, 0) is 9.53 Å². The van der Waals surface area contributed by atoms with E-state index < -0.39 is 5.97 Å². The Balaban J connectivity index is 1.91. The summed E-state index contributed by atoms with van der Waals surface area (Å²) in [4.78, 5) is 24.9. The summed E-state index contributed by atoms with van der Waals surface area (Å²) >= 11 is 0. The van der Waals surface area contributed by atoms with Gasteiger partial charge in [-0.1, -0.05) is 0 Å². The number of likely N-dealkylation sites (tertiary alicyclic amines) is 1. The fourth-order valence-corrected chi connectivity index (χ4v) is 2.82. The van der Waals surface area contributed by atoms with Gasteiger partial charge in [0.1, 0.15) is 0 Å². The molecule has 2 atom stereocenters. The van der Waals surface area contributed by atoms with Crippen LogP contribution in [0.3, 0.4) is 0 Å². The zero-order valence-electron chi connectivity index (χ0n) is 12.2. The lowest BCUT2D eigenvalue weighted by Crippen LogP contribution is -2.54. The molecule has 6 heteroatoms. The molecule has 1 aliphatic heterocycles. The van der Waals surface area contributed by atoms with E-state index in [1.165, 1.54) is 0 Å². The van der Waals surface area contributed by atoms with E-state index >= 15 is 0 Å². The van der Waals surface area contributed by atoms with Crippen LogP contribution in [0.1, 0.15) is 39.0 Å². The van der Waals surface area contributed by atoms with Gasteiger partial charge in [-0.25, -0.2) is 4.79 Å². The second kappa shape index (κ2) is 5.99. The summed E-state index contributed by atoms with van der Waals surface area (Å²) in [5, 5.41) is 11.8. The summed E-state index contributed by atoms with van der Waals surface area (Å²) < 4.78 is 5.47. The van der Waals surface area contributed by atoms with Gasteiger partial charge in [-0.05, 0) is 38.5 Å². The number of rotatable bonds is 5. The van der Waals surface area contributed by atoms with Crippen molar-refractivity contribution >= 4 is 12.0 Å². The molecule has 2 amide bonds. The Morgan fingerprint density at radius 3 is 2.75 bits per heavy atom. The first-order valence-electron chi connectivity index (χ1n) is 7.26. The Hall–Kier alpha value is -1.30. The monoisotopic (exact) mass is 284 g/mol. The lowest BCUT2D eigenvalue weighted by atomic mass is 9.95. The SMILES string of the molecule is COC1(C)CCCN(C(=O)NC(CC(=O)O)C2CC2)C1. The number of amides is 2. The van der Waals surface area contributed by atoms with E-state index in [1.54, 1.807) is 12.0 Å². The van der Waals surface area contributed by atoms with Crippen molar-refractivity contribution in [1.82, 2.24) is 10.2 Å². The third-order valence-corrected chi connectivity index (χ3v) is 4.33. The van der Waals surface area contributed by atoms with Crippen molar-refractivity contribution in [2.45, 2.75) is 50.7 Å². The highest BCUT2D eigenvalue weighted by Crippen LogP contribution is 2.34. The van der Waals surface area contributed by atoms with Crippen LogP contribution in [0.4, 0.5) is 4.79 Å². The molecule has 2 aliphatic rings. The molecule has 2 unspecified atom stereocenters. The van der Waals surface area contributed by atoms with Crippen molar-refractivity contribution in [3.8, 4) is 0 Å². The first kappa shape index (κ1) is 15.1. The number of carbonyl (C=O) groups excluding carboxylic acids is 1. The van der Waals surface area contributed by atoms with Gasteiger partial charge in [0.15, 0.2) is 0 Å². The molecule has 0 bridgehead atoms. The van der Waals surface area contributed by atoms with Gasteiger partial charge < -0.3 is 20.1 Å². The van der Waals surface area contributed by atoms with E-state index in [0.29, 0.717) is 19.0 Å². The molecule has 1 saturated heterocycles. The molecule has 1 heterocycles. The van der Waals surface area contributed by atoms with Gasteiger partial charge in [-0.3, -0.25) is 4.79 Å². The maximum Gasteiger partial charge on any atom is 0.317 e. The highest BCUT2D eigenvalue weighted by atomic mass is 16.5. The van der Waals surface area contributed by atoms with Gasteiger partial charge in [-0.2, -0.15) is 0 Å². The van der Waals surface area contributed by atoms with Gasteiger partial charge in [0, 0.05) is 19.7 Å². The van der Waals surface area contributed by atoms with Crippen molar-refractivity contribution in [1.29, 1.82) is 0 Å². The van der Waals surface area contributed by atoms with Crippen LogP contribution >= 0.6 is 0 Å². The van der Waals surface area contributed by atoms with Gasteiger partial charge in [0.25, 0.3) is 0 Å². The molecule has 0 aromatic carbocycles. The number of hydrogen-bond acceptors (Lipinski definition) is 3. The first-order valence-corrected chi connectivity index (χ1v) is 7.26. The van der Waals surface area contributed by atoms with Crippen LogP contribution in [0.15, 0.2) is 0 Å². The minimum absolute atomic E-state index is 0.00575. The van der Waals surface area contributed by atoms with Crippen LogP contribution in [0, 0.1) is 5.92 Å². The standard InChI is InChI=1S/C14H24N2O4/c1-14(20-2)6-3-7-16(9-14)13(19)15-11(8-12(17)18)10-4-5-10/h10-11H,3-9H2,1-2H3,(H,15,19)(H,17,18). The maximum atomic E-state index is 12.3. The number of methoxy groups -OCH3 is 1. The van der Waals surface area contributed by atoms with Crippen molar-refractivity contribution in [3.05, 3.63) is 0 Å².